The normalized spacial score (nSPS) is 20.2. The number of nitrogens with one attached hydrogen (secondary N) is 1. The topological polar surface area (TPSA) is 151 Å². The fraction of sp³-hybridized carbons (Fsp3) is 0.364. The smallest absolute Gasteiger partial charge is 0.336 e. The number of nitrogens with zero attached hydrogens (tertiary/aromatic N) is 1. The van der Waals surface area contributed by atoms with Crippen LogP contribution in [0.5, 0.6) is 0 Å². The minimum Gasteiger partial charge on any atom is -0.481 e. The van der Waals surface area contributed by atoms with Gasteiger partial charge in [-0.2, -0.15) is 0 Å². The quantitative estimate of drug-likeness (QED) is 0.158. The van der Waals surface area contributed by atoms with Crippen LogP contribution in [0.3, 0.4) is 0 Å². The molecule has 1 aliphatic carbocycles. The predicted molar refractivity (Wildman–Crippen MR) is 165 cm³/mol. The molecule has 234 valence electrons. The van der Waals surface area contributed by atoms with Crippen molar-refractivity contribution >= 4 is 40.1 Å². The molecule has 1 fully saturated rings. The zero-order chi connectivity index (χ0) is 32.3. The molecule has 0 bridgehead atoms. The molecule has 0 amide bonds. The SMILES string of the molecule is Cc1c(C2(c3cccs3)CCC(c3cccc(F)c3)(N(C)C)CC2)[nH]c2ccccc12.O=C(O)CC(O)(CC(=O)O)C(=O)O. The summed E-state index contributed by atoms with van der Waals surface area (Å²) in [6, 6.07) is 20.3. The van der Waals surface area contributed by atoms with Crippen LogP contribution in [-0.4, -0.2) is 67.9 Å². The van der Waals surface area contributed by atoms with Crippen LogP contribution in [0.4, 0.5) is 4.39 Å². The van der Waals surface area contributed by atoms with Gasteiger partial charge < -0.3 is 25.4 Å². The van der Waals surface area contributed by atoms with E-state index in [-0.39, 0.29) is 16.8 Å². The third-order valence-electron chi connectivity index (χ3n) is 8.87. The van der Waals surface area contributed by atoms with Crippen molar-refractivity contribution in [2.75, 3.05) is 14.1 Å². The number of carboxylic acids is 3. The van der Waals surface area contributed by atoms with Gasteiger partial charge in [0, 0.05) is 32.4 Å². The molecule has 2 aromatic carbocycles. The van der Waals surface area contributed by atoms with Crippen molar-refractivity contribution in [2.24, 2.45) is 0 Å². The number of carboxylic acid groups (broad SMARTS) is 3. The summed E-state index contributed by atoms with van der Waals surface area (Å²) in [4.78, 5) is 38.0. The Bertz CT molecular complexity index is 1620. The summed E-state index contributed by atoms with van der Waals surface area (Å²) in [7, 11) is 4.27. The molecule has 0 spiro atoms. The van der Waals surface area contributed by atoms with E-state index in [1.54, 1.807) is 12.1 Å². The lowest BCUT2D eigenvalue weighted by Crippen LogP contribution is -2.48. The molecule has 5 rings (SSSR count). The lowest BCUT2D eigenvalue weighted by molar-refractivity contribution is -0.170. The van der Waals surface area contributed by atoms with E-state index in [0.29, 0.717) is 0 Å². The summed E-state index contributed by atoms with van der Waals surface area (Å²) >= 11 is 1.85. The number of hydrogen-bond donors (Lipinski definition) is 5. The number of aliphatic hydroxyl groups is 1. The van der Waals surface area contributed by atoms with Crippen molar-refractivity contribution in [1.29, 1.82) is 0 Å². The maximum Gasteiger partial charge on any atom is 0.336 e. The molecule has 11 heteroatoms. The lowest BCUT2D eigenvalue weighted by atomic mass is 9.62. The van der Waals surface area contributed by atoms with Crippen molar-refractivity contribution in [1.82, 2.24) is 9.88 Å². The number of benzene rings is 2. The van der Waals surface area contributed by atoms with Gasteiger partial charge >= 0.3 is 17.9 Å². The van der Waals surface area contributed by atoms with Crippen molar-refractivity contribution in [2.45, 2.75) is 62.0 Å². The standard InChI is InChI=1S/C27H29FN2S.C6H8O7/c1-19-22-10-4-5-11-23(22)29-25(19)26(24-12-7-17-31-24)13-15-27(16-14-26,30(2)3)20-8-6-9-21(28)18-20;7-3(8)1-6(13,5(11)12)2-4(9)10/h4-12,17-18,29H,13-16H2,1-3H3;13H,1-2H2,(H,7,8)(H,9,10)(H,11,12). The summed E-state index contributed by atoms with van der Waals surface area (Å²) in [6.07, 6.45) is 1.72. The van der Waals surface area contributed by atoms with Gasteiger partial charge in [0.1, 0.15) is 5.82 Å². The Morgan fingerprint density at radius 3 is 2.07 bits per heavy atom. The summed E-state index contributed by atoms with van der Waals surface area (Å²) in [6.45, 7) is 2.25. The molecule has 0 saturated heterocycles. The number of thiophene rings is 1. The number of rotatable bonds is 9. The van der Waals surface area contributed by atoms with Gasteiger partial charge in [-0.05, 0) is 87.5 Å². The molecule has 0 unspecified atom stereocenters. The lowest BCUT2D eigenvalue weighted by Gasteiger charge is -2.50. The highest BCUT2D eigenvalue weighted by molar-refractivity contribution is 7.10. The fourth-order valence-corrected chi connectivity index (χ4v) is 7.50. The molecule has 2 aromatic heterocycles. The molecule has 0 aliphatic heterocycles. The van der Waals surface area contributed by atoms with Crippen LogP contribution in [0.25, 0.3) is 10.9 Å². The van der Waals surface area contributed by atoms with Crippen LogP contribution in [0.1, 0.15) is 60.2 Å². The molecule has 0 atom stereocenters. The third kappa shape index (κ3) is 6.40. The second-order valence-corrected chi connectivity index (χ2v) is 12.6. The minimum absolute atomic E-state index is 0.0376. The first-order chi connectivity index (χ1) is 20.7. The predicted octanol–water partition coefficient (Wildman–Crippen LogP) is 5.75. The average Bonchev–Trinajstić information content (AvgIpc) is 3.62. The van der Waals surface area contributed by atoms with Gasteiger partial charge in [-0.15, -0.1) is 11.3 Å². The summed E-state index contributed by atoms with van der Waals surface area (Å²) < 4.78 is 14.1. The van der Waals surface area contributed by atoms with Crippen LogP contribution in [0.2, 0.25) is 0 Å². The van der Waals surface area contributed by atoms with E-state index in [0.717, 1.165) is 31.2 Å². The Morgan fingerprint density at radius 2 is 1.57 bits per heavy atom. The van der Waals surface area contributed by atoms with Gasteiger partial charge in [0.2, 0.25) is 0 Å². The molecule has 2 heterocycles. The van der Waals surface area contributed by atoms with E-state index in [4.69, 9.17) is 20.4 Å². The maximum absolute atomic E-state index is 14.1. The van der Waals surface area contributed by atoms with Crippen molar-refractivity contribution in [3.05, 3.63) is 93.6 Å². The van der Waals surface area contributed by atoms with Gasteiger partial charge in [-0.3, -0.25) is 14.5 Å². The highest BCUT2D eigenvalue weighted by atomic mass is 32.1. The number of fused-ring (bicyclic) bond motifs is 1. The first kappa shape index (κ1) is 32.8. The highest BCUT2D eigenvalue weighted by Gasteiger charge is 2.48. The van der Waals surface area contributed by atoms with Crippen LogP contribution < -0.4 is 0 Å². The molecule has 1 saturated carbocycles. The number of aromatic nitrogens is 1. The summed E-state index contributed by atoms with van der Waals surface area (Å²) in [5.74, 6) is -5.17. The zero-order valence-corrected chi connectivity index (χ0v) is 25.7. The molecule has 4 aromatic rings. The number of halogens is 1. The van der Waals surface area contributed by atoms with E-state index >= 15 is 0 Å². The van der Waals surface area contributed by atoms with E-state index in [1.165, 1.54) is 27.0 Å². The Balaban J connectivity index is 0.000000289. The van der Waals surface area contributed by atoms with Crippen molar-refractivity contribution in [3.63, 3.8) is 0 Å². The first-order valence-electron chi connectivity index (χ1n) is 14.2. The highest BCUT2D eigenvalue weighted by Crippen LogP contribution is 2.54. The summed E-state index contributed by atoms with van der Waals surface area (Å²) in [5, 5.41) is 37.3. The van der Waals surface area contributed by atoms with E-state index in [9.17, 15) is 18.8 Å². The maximum atomic E-state index is 14.1. The molecule has 1 aliphatic rings. The minimum atomic E-state index is -2.74. The van der Waals surface area contributed by atoms with Gasteiger partial charge in [-0.25, -0.2) is 9.18 Å². The van der Waals surface area contributed by atoms with Crippen molar-refractivity contribution in [3.8, 4) is 0 Å². The van der Waals surface area contributed by atoms with Gasteiger partial charge in [0.05, 0.1) is 12.8 Å². The Kier molecular flexibility index (Phi) is 9.62. The number of hydrogen-bond acceptors (Lipinski definition) is 6. The second-order valence-electron chi connectivity index (χ2n) is 11.6. The second kappa shape index (κ2) is 12.9. The largest absolute Gasteiger partial charge is 0.481 e. The molecule has 0 radical (unpaired) electrons. The zero-order valence-electron chi connectivity index (χ0n) is 24.8. The van der Waals surface area contributed by atoms with E-state index < -0.39 is 36.4 Å². The fourth-order valence-electron chi connectivity index (χ4n) is 6.51. The molecular weight excluding hydrogens is 587 g/mol. The number of aliphatic carboxylic acids is 3. The molecular formula is C33H37FN2O7S. The van der Waals surface area contributed by atoms with Crippen LogP contribution >= 0.6 is 11.3 Å². The van der Waals surface area contributed by atoms with Crippen LogP contribution in [0.15, 0.2) is 66.0 Å². The number of carbonyl (C=O) groups is 3. The molecule has 9 nitrogen and oxygen atoms in total. The first-order valence-corrected chi connectivity index (χ1v) is 15.1. The number of H-pyrrole nitrogens is 1. The van der Waals surface area contributed by atoms with Gasteiger partial charge in [0.25, 0.3) is 0 Å². The van der Waals surface area contributed by atoms with E-state index in [1.807, 2.05) is 17.4 Å². The van der Waals surface area contributed by atoms with Gasteiger partial charge in [0.15, 0.2) is 5.60 Å². The van der Waals surface area contributed by atoms with Crippen LogP contribution in [0, 0.1) is 12.7 Å². The summed E-state index contributed by atoms with van der Waals surface area (Å²) in [5.41, 5.74) is 2.07. The number of para-hydroxylation sites is 1. The number of aromatic amines is 1. The van der Waals surface area contributed by atoms with Gasteiger partial charge in [-0.1, -0.05) is 36.4 Å². The monoisotopic (exact) mass is 624 g/mol. The Hall–Kier alpha value is -4.06. The number of aryl methyl sites for hydroxylation is 1. The average molecular weight is 625 g/mol. The molecule has 5 N–H and O–H groups in total. The third-order valence-corrected chi connectivity index (χ3v) is 9.95. The Labute approximate surface area is 258 Å². The van der Waals surface area contributed by atoms with E-state index in [2.05, 4.69) is 78.7 Å². The van der Waals surface area contributed by atoms with Crippen molar-refractivity contribution < 1.29 is 39.2 Å². The van der Waals surface area contributed by atoms with Crippen LogP contribution in [-0.2, 0) is 25.3 Å². The Morgan fingerprint density at radius 1 is 0.932 bits per heavy atom. The molecule has 44 heavy (non-hydrogen) atoms.